The van der Waals surface area contributed by atoms with Gasteiger partial charge >= 0.3 is 0 Å². The van der Waals surface area contributed by atoms with Gasteiger partial charge in [0.25, 0.3) is 11.6 Å². The van der Waals surface area contributed by atoms with E-state index in [1.807, 2.05) is 31.2 Å². The monoisotopic (exact) mass is 393 g/mol. The number of pyridine rings is 1. The van der Waals surface area contributed by atoms with Gasteiger partial charge in [-0.2, -0.15) is 0 Å². The first kappa shape index (κ1) is 18.0. The van der Waals surface area contributed by atoms with E-state index in [1.54, 1.807) is 0 Å². The highest BCUT2D eigenvalue weighted by atomic mass is 16.7. The van der Waals surface area contributed by atoms with Gasteiger partial charge in [0.15, 0.2) is 11.5 Å². The van der Waals surface area contributed by atoms with Gasteiger partial charge in [-0.05, 0) is 49.9 Å². The molecule has 1 fully saturated rings. The molecule has 2 atom stereocenters. The van der Waals surface area contributed by atoms with E-state index in [4.69, 9.17) is 14.0 Å². The Labute approximate surface area is 168 Å². The van der Waals surface area contributed by atoms with Crippen molar-refractivity contribution in [2.24, 2.45) is 5.92 Å². The first-order chi connectivity index (χ1) is 14.1. The van der Waals surface area contributed by atoms with Crippen LogP contribution in [0.25, 0.3) is 22.4 Å². The van der Waals surface area contributed by atoms with Crippen molar-refractivity contribution in [2.45, 2.75) is 45.6 Å². The molecule has 1 amide bonds. The van der Waals surface area contributed by atoms with E-state index in [0.29, 0.717) is 45.5 Å². The van der Waals surface area contributed by atoms with Gasteiger partial charge in [0.1, 0.15) is 0 Å². The molecule has 1 saturated carbocycles. The molecule has 150 valence electrons. The summed E-state index contributed by atoms with van der Waals surface area (Å²) < 4.78 is 16.3. The average Bonchev–Trinajstić information content (AvgIpc) is 3.35. The Balaban J connectivity index is 1.55. The summed E-state index contributed by atoms with van der Waals surface area (Å²) in [5.74, 6) is 1.74. The van der Waals surface area contributed by atoms with Gasteiger partial charge in [0.05, 0.1) is 22.3 Å². The van der Waals surface area contributed by atoms with Gasteiger partial charge in [-0.3, -0.25) is 4.79 Å². The van der Waals surface area contributed by atoms with Gasteiger partial charge in [0.2, 0.25) is 6.79 Å². The third-order valence-corrected chi connectivity index (χ3v) is 5.96. The Morgan fingerprint density at radius 1 is 1.14 bits per heavy atom. The molecule has 1 N–H and O–H groups in total. The Bertz CT molecular complexity index is 1090. The fourth-order valence-corrected chi connectivity index (χ4v) is 4.25. The number of hydrogen-bond acceptors (Lipinski definition) is 6. The Morgan fingerprint density at radius 3 is 2.83 bits per heavy atom. The van der Waals surface area contributed by atoms with Crippen molar-refractivity contribution < 1.29 is 18.8 Å². The minimum atomic E-state index is -0.107. The molecule has 5 rings (SSSR count). The molecule has 0 unspecified atom stereocenters. The second kappa shape index (κ2) is 7.06. The third-order valence-electron chi connectivity index (χ3n) is 5.96. The third kappa shape index (κ3) is 3.20. The molecule has 7 heteroatoms. The van der Waals surface area contributed by atoms with E-state index in [1.165, 1.54) is 6.42 Å². The van der Waals surface area contributed by atoms with E-state index in [9.17, 15) is 4.79 Å². The number of ether oxygens (including phenoxy) is 2. The van der Waals surface area contributed by atoms with Crippen LogP contribution >= 0.6 is 0 Å². The van der Waals surface area contributed by atoms with E-state index in [0.717, 1.165) is 24.8 Å². The number of carbonyl (C=O) groups excluding carboxylic acids is 1. The summed E-state index contributed by atoms with van der Waals surface area (Å²) in [5, 5.41) is 7.93. The number of benzene rings is 1. The zero-order chi connectivity index (χ0) is 20.0. The van der Waals surface area contributed by atoms with Crippen LogP contribution in [0.15, 0.2) is 28.8 Å². The number of fused-ring (bicyclic) bond motifs is 2. The van der Waals surface area contributed by atoms with Crippen LogP contribution in [0.3, 0.4) is 0 Å². The topological polar surface area (TPSA) is 86.5 Å². The minimum Gasteiger partial charge on any atom is -0.454 e. The first-order valence-electron chi connectivity index (χ1n) is 10.1. The van der Waals surface area contributed by atoms with Gasteiger partial charge in [-0.15, -0.1) is 0 Å². The lowest BCUT2D eigenvalue weighted by molar-refractivity contribution is 0.0912. The summed E-state index contributed by atoms with van der Waals surface area (Å²) in [6.45, 7) is 4.24. The highest BCUT2D eigenvalue weighted by molar-refractivity contribution is 6.07. The number of hydrogen-bond donors (Lipinski definition) is 1. The summed E-state index contributed by atoms with van der Waals surface area (Å²) in [6.07, 6.45) is 4.53. The number of amides is 1. The molecule has 1 aromatic carbocycles. The second-order valence-electron chi connectivity index (χ2n) is 7.91. The first-order valence-corrected chi connectivity index (χ1v) is 10.1. The molecule has 7 nitrogen and oxygen atoms in total. The molecule has 0 saturated heterocycles. The van der Waals surface area contributed by atoms with E-state index in [-0.39, 0.29) is 18.7 Å². The predicted octanol–water partition coefficient (Wildman–Crippen LogP) is 4.24. The molecule has 29 heavy (non-hydrogen) atoms. The fourth-order valence-electron chi connectivity index (χ4n) is 4.25. The highest BCUT2D eigenvalue weighted by Gasteiger charge is 2.26. The van der Waals surface area contributed by atoms with Crippen molar-refractivity contribution in [1.82, 2.24) is 15.5 Å². The van der Waals surface area contributed by atoms with Crippen LogP contribution < -0.4 is 14.8 Å². The SMILES string of the molecule is Cc1noc2nc(-c3ccc4c(c3)OCO4)cc(C(=O)N[C@@H]3CCCC[C@@H]3C)c12. The fraction of sp³-hybridized carbons (Fsp3) is 0.409. The van der Waals surface area contributed by atoms with Gasteiger partial charge < -0.3 is 19.3 Å². The number of nitrogens with zero attached hydrogens (tertiary/aromatic N) is 2. The molecular weight excluding hydrogens is 370 g/mol. The van der Waals surface area contributed by atoms with Crippen LogP contribution in [-0.4, -0.2) is 28.9 Å². The van der Waals surface area contributed by atoms with Crippen molar-refractivity contribution in [1.29, 1.82) is 0 Å². The smallest absolute Gasteiger partial charge is 0.259 e. The molecule has 0 radical (unpaired) electrons. The number of nitrogens with one attached hydrogen (secondary N) is 1. The summed E-state index contributed by atoms with van der Waals surface area (Å²) in [7, 11) is 0. The molecular formula is C22H23N3O4. The van der Waals surface area contributed by atoms with Gasteiger partial charge in [0, 0.05) is 11.6 Å². The maximum absolute atomic E-state index is 13.2. The molecule has 0 spiro atoms. The van der Waals surface area contributed by atoms with Crippen molar-refractivity contribution >= 4 is 17.0 Å². The van der Waals surface area contributed by atoms with Crippen LogP contribution in [0.5, 0.6) is 11.5 Å². The standard InChI is InChI=1S/C22H23N3O4/c1-12-5-3-4-6-16(12)23-21(26)15-10-17(24-22-20(15)13(2)25-29-22)14-7-8-18-19(9-14)28-11-27-18/h7-10,12,16H,3-6,11H2,1-2H3,(H,23,26)/t12-,16+/m0/s1. The van der Waals surface area contributed by atoms with Gasteiger partial charge in [-0.1, -0.05) is 24.9 Å². The second-order valence-corrected chi connectivity index (χ2v) is 7.91. The van der Waals surface area contributed by atoms with Crippen LogP contribution in [0, 0.1) is 12.8 Å². The number of carbonyl (C=O) groups is 1. The molecule has 1 aliphatic carbocycles. The summed E-state index contributed by atoms with van der Waals surface area (Å²) >= 11 is 0. The number of aryl methyl sites for hydroxylation is 1. The lowest BCUT2D eigenvalue weighted by Gasteiger charge is -2.29. The normalized spacial score (nSPS) is 20.8. The van der Waals surface area contributed by atoms with Crippen molar-refractivity contribution in [3.8, 4) is 22.8 Å². The van der Waals surface area contributed by atoms with Crippen molar-refractivity contribution in [3.05, 3.63) is 35.5 Å². The molecule has 2 aromatic heterocycles. The molecule has 2 aliphatic rings. The van der Waals surface area contributed by atoms with E-state index >= 15 is 0 Å². The lowest BCUT2D eigenvalue weighted by atomic mass is 9.86. The van der Waals surface area contributed by atoms with E-state index in [2.05, 4.69) is 22.4 Å². The largest absolute Gasteiger partial charge is 0.454 e. The molecule has 3 heterocycles. The van der Waals surface area contributed by atoms with Crippen LogP contribution in [0.2, 0.25) is 0 Å². The maximum atomic E-state index is 13.2. The molecule has 0 bridgehead atoms. The van der Waals surface area contributed by atoms with E-state index < -0.39 is 0 Å². The van der Waals surface area contributed by atoms with Crippen molar-refractivity contribution in [2.75, 3.05) is 6.79 Å². The zero-order valence-electron chi connectivity index (χ0n) is 16.5. The Hall–Kier alpha value is -3.09. The Morgan fingerprint density at radius 2 is 1.97 bits per heavy atom. The molecule has 3 aromatic rings. The van der Waals surface area contributed by atoms with Crippen LogP contribution in [0.1, 0.15) is 48.7 Å². The van der Waals surface area contributed by atoms with Crippen molar-refractivity contribution in [3.63, 3.8) is 0 Å². The highest BCUT2D eigenvalue weighted by Crippen LogP contribution is 2.36. The lowest BCUT2D eigenvalue weighted by Crippen LogP contribution is -2.41. The summed E-state index contributed by atoms with van der Waals surface area (Å²) in [4.78, 5) is 17.8. The average molecular weight is 393 g/mol. The molecule has 1 aliphatic heterocycles. The Kier molecular flexibility index (Phi) is 4.38. The summed E-state index contributed by atoms with van der Waals surface area (Å²) in [6, 6.07) is 7.61. The maximum Gasteiger partial charge on any atom is 0.259 e. The quantitative estimate of drug-likeness (QED) is 0.716. The zero-order valence-corrected chi connectivity index (χ0v) is 16.5. The van der Waals surface area contributed by atoms with Crippen LogP contribution in [-0.2, 0) is 0 Å². The predicted molar refractivity (Wildman–Crippen MR) is 107 cm³/mol. The number of aromatic nitrogens is 2. The minimum absolute atomic E-state index is 0.107. The van der Waals surface area contributed by atoms with Gasteiger partial charge in [-0.25, -0.2) is 4.98 Å². The number of rotatable bonds is 3. The summed E-state index contributed by atoms with van der Waals surface area (Å²) in [5.41, 5.74) is 3.02. The van der Waals surface area contributed by atoms with Crippen LogP contribution in [0.4, 0.5) is 0 Å².